The number of thiophene rings is 1. The van der Waals surface area contributed by atoms with Gasteiger partial charge in [0.25, 0.3) is 5.91 Å². The number of nitrogens with zero attached hydrogens (tertiary/aromatic N) is 4. The van der Waals surface area contributed by atoms with Crippen LogP contribution >= 0.6 is 11.3 Å². The average Bonchev–Trinajstić information content (AvgIpc) is 3.34. The van der Waals surface area contributed by atoms with Crippen molar-refractivity contribution in [3.63, 3.8) is 0 Å². The fraction of sp³-hybridized carbons (Fsp3) is 0.154. The first-order chi connectivity index (χ1) is 16.7. The number of fused-ring (bicyclic) bond motifs is 3. The minimum Gasteiger partial charge on any atom is -0.335 e. The van der Waals surface area contributed by atoms with Gasteiger partial charge >= 0.3 is 0 Å². The van der Waals surface area contributed by atoms with Gasteiger partial charge in [-0.1, -0.05) is 12.1 Å². The van der Waals surface area contributed by atoms with Gasteiger partial charge in [0.2, 0.25) is 5.95 Å². The summed E-state index contributed by atoms with van der Waals surface area (Å²) < 4.78 is 1.05. The smallest absolute Gasteiger partial charge is 0.264 e. The topological polar surface area (TPSA) is 83.0 Å². The zero-order chi connectivity index (χ0) is 22.9. The summed E-state index contributed by atoms with van der Waals surface area (Å²) in [6.45, 7) is 3.15. The Morgan fingerprint density at radius 2 is 1.85 bits per heavy atom. The van der Waals surface area contributed by atoms with Crippen LogP contribution in [0.4, 0.5) is 11.6 Å². The summed E-state index contributed by atoms with van der Waals surface area (Å²) in [4.78, 5) is 29.1. The molecular formula is C26H22N6OS. The normalized spacial score (nSPS) is 13.9. The molecule has 1 amide bonds. The van der Waals surface area contributed by atoms with E-state index in [0.717, 1.165) is 68.9 Å². The Balaban J connectivity index is 1.33. The van der Waals surface area contributed by atoms with Crippen molar-refractivity contribution in [3.8, 4) is 11.1 Å². The molecule has 6 rings (SSSR count). The van der Waals surface area contributed by atoms with Crippen LogP contribution in [-0.4, -0.2) is 51.9 Å². The number of hydrogen-bond donors (Lipinski definition) is 2. The average molecular weight is 467 g/mol. The van der Waals surface area contributed by atoms with E-state index >= 15 is 0 Å². The summed E-state index contributed by atoms with van der Waals surface area (Å²) in [6, 6.07) is 18.1. The number of benzene rings is 2. The van der Waals surface area contributed by atoms with Gasteiger partial charge in [0, 0.05) is 65.9 Å². The first-order valence-electron chi connectivity index (χ1n) is 11.2. The molecule has 0 aliphatic carbocycles. The molecule has 1 fully saturated rings. The van der Waals surface area contributed by atoms with Gasteiger partial charge in [0.1, 0.15) is 0 Å². The third-order valence-electron chi connectivity index (χ3n) is 5.99. The first-order valence-corrected chi connectivity index (χ1v) is 12.0. The number of amides is 1. The minimum absolute atomic E-state index is 0.0937. The van der Waals surface area contributed by atoms with E-state index in [2.05, 4.69) is 32.7 Å². The lowest BCUT2D eigenvalue weighted by atomic mass is 10.1. The lowest BCUT2D eigenvalue weighted by molar-refractivity contribution is 0.0741. The third kappa shape index (κ3) is 3.98. The molecule has 34 heavy (non-hydrogen) atoms. The summed E-state index contributed by atoms with van der Waals surface area (Å²) in [5, 5.41) is 8.56. The summed E-state index contributed by atoms with van der Waals surface area (Å²) >= 11 is 1.53. The molecule has 1 saturated heterocycles. The molecule has 3 aromatic heterocycles. The number of rotatable bonds is 4. The van der Waals surface area contributed by atoms with E-state index in [1.54, 1.807) is 12.4 Å². The monoisotopic (exact) mass is 466 g/mol. The Kier molecular flexibility index (Phi) is 5.37. The Labute approximate surface area is 200 Å². The van der Waals surface area contributed by atoms with Crippen molar-refractivity contribution in [3.05, 3.63) is 78.1 Å². The van der Waals surface area contributed by atoms with Crippen molar-refractivity contribution < 1.29 is 4.79 Å². The fourth-order valence-corrected chi connectivity index (χ4v) is 5.28. The number of anilines is 2. The summed E-state index contributed by atoms with van der Waals surface area (Å²) in [5.74, 6) is 0.615. The number of nitrogens with one attached hydrogen (secondary N) is 2. The van der Waals surface area contributed by atoms with Gasteiger partial charge < -0.3 is 15.5 Å². The number of piperazine rings is 1. The largest absolute Gasteiger partial charge is 0.335 e. The van der Waals surface area contributed by atoms with Crippen molar-refractivity contribution in [1.29, 1.82) is 0 Å². The van der Waals surface area contributed by atoms with E-state index in [1.165, 1.54) is 11.3 Å². The molecule has 2 aromatic carbocycles. The fourth-order valence-electron chi connectivity index (χ4n) is 4.25. The van der Waals surface area contributed by atoms with E-state index in [-0.39, 0.29) is 5.91 Å². The Morgan fingerprint density at radius 1 is 1.00 bits per heavy atom. The summed E-state index contributed by atoms with van der Waals surface area (Å²) in [7, 11) is 0. The van der Waals surface area contributed by atoms with Crippen LogP contribution in [0.15, 0.2) is 73.2 Å². The molecule has 0 radical (unpaired) electrons. The quantitative estimate of drug-likeness (QED) is 0.400. The van der Waals surface area contributed by atoms with Crippen molar-refractivity contribution in [2.75, 3.05) is 31.5 Å². The highest BCUT2D eigenvalue weighted by Gasteiger charge is 2.21. The number of hydrogen-bond acceptors (Lipinski definition) is 7. The van der Waals surface area contributed by atoms with Crippen LogP contribution in [0.3, 0.4) is 0 Å². The maximum absolute atomic E-state index is 13.0. The lowest BCUT2D eigenvalue weighted by Crippen LogP contribution is -2.46. The van der Waals surface area contributed by atoms with E-state index in [0.29, 0.717) is 5.95 Å². The molecule has 7 nitrogen and oxygen atoms in total. The van der Waals surface area contributed by atoms with E-state index in [4.69, 9.17) is 4.98 Å². The zero-order valence-corrected chi connectivity index (χ0v) is 19.2. The van der Waals surface area contributed by atoms with Gasteiger partial charge in [0.05, 0.1) is 10.4 Å². The summed E-state index contributed by atoms with van der Waals surface area (Å²) in [6.07, 6.45) is 5.40. The molecule has 168 valence electrons. The molecular weight excluding hydrogens is 444 g/mol. The Morgan fingerprint density at radius 3 is 2.71 bits per heavy atom. The number of carbonyl (C=O) groups is 1. The van der Waals surface area contributed by atoms with Gasteiger partial charge in [0.15, 0.2) is 0 Å². The SMILES string of the molecule is O=C(c1cc2c(ccc3cnc(Nc4cccc(-c5ccncc5)c4)nc32)s1)N1CCNCC1. The van der Waals surface area contributed by atoms with Gasteiger partial charge in [-0.3, -0.25) is 9.78 Å². The Bertz CT molecular complexity index is 1490. The van der Waals surface area contributed by atoms with Gasteiger partial charge in [-0.15, -0.1) is 11.3 Å². The number of carbonyl (C=O) groups excluding carboxylic acids is 1. The van der Waals surface area contributed by atoms with Crippen molar-refractivity contribution >= 4 is 49.9 Å². The first kappa shape index (κ1) is 20.7. The van der Waals surface area contributed by atoms with E-state index in [1.807, 2.05) is 53.6 Å². The van der Waals surface area contributed by atoms with Gasteiger partial charge in [-0.25, -0.2) is 9.97 Å². The molecule has 1 aliphatic heterocycles. The Hall–Kier alpha value is -3.88. The lowest BCUT2D eigenvalue weighted by Gasteiger charge is -2.26. The van der Waals surface area contributed by atoms with Crippen molar-refractivity contribution in [2.45, 2.75) is 0 Å². The van der Waals surface area contributed by atoms with Crippen LogP contribution in [0.1, 0.15) is 9.67 Å². The van der Waals surface area contributed by atoms with Crippen LogP contribution in [0, 0.1) is 0 Å². The van der Waals surface area contributed by atoms with E-state index in [9.17, 15) is 4.79 Å². The molecule has 2 N–H and O–H groups in total. The third-order valence-corrected chi connectivity index (χ3v) is 7.08. The highest BCUT2D eigenvalue weighted by Crippen LogP contribution is 2.32. The zero-order valence-electron chi connectivity index (χ0n) is 18.4. The van der Waals surface area contributed by atoms with Crippen LogP contribution in [0.2, 0.25) is 0 Å². The van der Waals surface area contributed by atoms with Crippen LogP contribution in [0.5, 0.6) is 0 Å². The second-order valence-electron chi connectivity index (χ2n) is 8.20. The predicted octanol–water partition coefficient (Wildman–Crippen LogP) is 4.70. The predicted molar refractivity (Wildman–Crippen MR) is 137 cm³/mol. The molecule has 0 bridgehead atoms. The molecule has 0 unspecified atom stereocenters. The second-order valence-corrected chi connectivity index (χ2v) is 9.29. The second kappa shape index (κ2) is 8.81. The number of pyridine rings is 1. The minimum atomic E-state index is 0.0937. The van der Waals surface area contributed by atoms with Gasteiger partial charge in [-0.2, -0.15) is 0 Å². The van der Waals surface area contributed by atoms with Crippen molar-refractivity contribution in [1.82, 2.24) is 25.2 Å². The number of aromatic nitrogens is 3. The molecule has 4 heterocycles. The molecule has 8 heteroatoms. The van der Waals surface area contributed by atoms with Crippen LogP contribution in [0.25, 0.3) is 32.1 Å². The molecule has 0 atom stereocenters. The molecule has 0 saturated carbocycles. The van der Waals surface area contributed by atoms with Gasteiger partial charge in [-0.05, 0) is 53.6 Å². The highest BCUT2D eigenvalue weighted by atomic mass is 32.1. The molecule has 1 aliphatic rings. The van der Waals surface area contributed by atoms with Crippen LogP contribution < -0.4 is 10.6 Å². The standard InChI is InChI=1S/C26H22N6OS/c33-25(32-12-10-28-11-13-32)23-15-21-22(34-23)5-4-19-16-29-26(31-24(19)21)30-20-3-1-2-18(14-20)17-6-8-27-9-7-17/h1-9,14-16,28H,10-13H2,(H,29,30,31). The molecule has 5 aromatic rings. The van der Waals surface area contributed by atoms with Crippen LogP contribution in [-0.2, 0) is 0 Å². The maximum Gasteiger partial charge on any atom is 0.264 e. The molecule has 0 spiro atoms. The highest BCUT2D eigenvalue weighted by molar-refractivity contribution is 7.21. The van der Waals surface area contributed by atoms with E-state index < -0.39 is 0 Å². The van der Waals surface area contributed by atoms with Crippen molar-refractivity contribution in [2.24, 2.45) is 0 Å². The summed E-state index contributed by atoms with van der Waals surface area (Å²) in [5.41, 5.74) is 3.93. The maximum atomic E-state index is 13.0.